The number of carbonyl (C=O) groups is 3. The van der Waals surface area contributed by atoms with Gasteiger partial charge in [0.05, 0.1) is 11.5 Å². The number of aromatic nitrogens is 1. The highest BCUT2D eigenvalue weighted by molar-refractivity contribution is 5.96. The summed E-state index contributed by atoms with van der Waals surface area (Å²) in [6, 6.07) is 4.04. The van der Waals surface area contributed by atoms with E-state index in [1.807, 2.05) is 29.7 Å². The molecule has 0 radical (unpaired) electrons. The van der Waals surface area contributed by atoms with Crippen LogP contribution >= 0.6 is 0 Å². The Morgan fingerprint density at radius 3 is 2.21 bits per heavy atom. The number of piperazine rings is 1. The Hall–Kier alpha value is -2.90. The van der Waals surface area contributed by atoms with E-state index in [1.54, 1.807) is 0 Å². The average molecular weight is 594 g/mol. The predicted molar refractivity (Wildman–Crippen MR) is 167 cm³/mol. The first-order valence-electron chi connectivity index (χ1n) is 16.3. The van der Waals surface area contributed by atoms with Crippen molar-refractivity contribution in [1.82, 2.24) is 14.8 Å². The summed E-state index contributed by atoms with van der Waals surface area (Å²) in [6.45, 7) is 16.6. The molecule has 2 amide bonds. The van der Waals surface area contributed by atoms with Crippen molar-refractivity contribution >= 4 is 28.9 Å². The zero-order chi connectivity index (χ0) is 31.3. The van der Waals surface area contributed by atoms with Crippen molar-refractivity contribution in [2.24, 2.45) is 17.3 Å². The van der Waals surface area contributed by atoms with E-state index in [-0.39, 0.29) is 29.1 Å². The van der Waals surface area contributed by atoms with Crippen LogP contribution in [0.4, 0.5) is 0 Å². The predicted octanol–water partition coefficient (Wildman–Crippen LogP) is 7.15. The number of nitrogens with zero attached hydrogens (tertiary/aromatic N) is 3. The topological polar surface area (TPSA) is 104 Å². The first-order chi connectivity index (χ1) is 20.0. The van der Waals surface area contributed by atoms with Crippen molar-refractivity contribution in [3.63, 3.8) is 0 Å². The summed E-state index contributed by atoms with van der Waals surface area (Å²) in [5.41, 5.74) is 3.29. The van der Waals surface area contributed by atoms with Crippen molar-refractivity contribution in [3.05, 3.63) is 29.2 Å². The Balaban J connectivity index is 1.30. The highest BCUT2D eigenvalue weighted by Crippen LogP contribution is 2.44. The molecule has 3 aliphatic rings. The maximum Gasteiger partial charge on any atom is 0.306 e. The first kappa shape index (κ1) is 31.5. The molecule has 2 saturated carbocycles. The molecule has 2 aliphatic carbocycles. The zero-order valence-electron chi connectivity index (χ0n) is 27.3. The van der Waals surface area contributed by atoms with Gasteiger partial charge in [-0.05, 0) is 88.0 Å². The Morgan fingerprint density at radius 2 is 1.63 bits per heavy atom. The van der Waals surface area contributed by atoms with Crippen LogP contribution < -0.4 is 0 Å². The maximum atomic E-state index is 13.9. The van der Waals surface area contributed by atoms with Gasteiger partial charge >= 0.3 is 5.97 Å². The molecule has 5 rings (SSSR count). The molecule has 3 fully saturated rings. The van der Waals surface area contributed by atoms with Gasteiger partial charge in [-0.3, -0.25) is 14.4 Å². The Kier molecular flexibility index (Phi) is 8.47. The third kappa shape index (κ3) is 6.78. The number of rotatable bonds is 5. The number of carboxylic acid groups (broad SMARTS) is 1. The van der Waals surface area contributed by atoms with Gasteiger partial charge in [0, 0.05) is 49.3 Å². The molecule has 8 heteroatoms. The second-order valence-electron chi connectivity index (χ2n) is 16.0. The highest BCUT2D eigenvalue weighted by Gasteiger charge is 2.41. The van der Waals surface area contributed by atoms with Gasteiger partial charge in [-0.25, -0.2) is 4.98 Å². The van der Waals surface area contributed by atoms with Crippen molar-refractivity contribution in [2.45, 2.75) is 123 Å². The Morgan fingerprint density at radius 1 is 0.977 bits per heavy atom. The number of hydrogen-bond acceptors (Lipinski definition) is 5. The molecule has 0 unspecified atom stereocenters. The van der Waals surface area contributed by atoms with E-state index in [4.69, 9.17) is 9.40 Å². The van der Waals surface area contributed by atoms with Gasteiger partial charge in [-0.15, -0.1) is 0 Å². The van der Waals surface area contributed by atoms with Gasteiger partial charge in [0.25, 0.3) is 5.91 Å². The molecule has 0 atom stereocenters. The molecule has 3 heterocycles. The summed E-state index contributed by atoms with van der Waals surface area (Å²) in [7, 11) is 0. The molecule has 8 nitrogen and oxygen atoms in total. The standard InChI is InChI=1S/C35H51N3O5/c1-33(2,3)25-19-26(23-12-14-34(4,5)15-13-23)36-27-20-28(43-30(25)27)31(40)38-17-16-37(21-35(38,6)7)29(39)18-22-8-10-24(11-9-22)32(41)42/h19-20,22-24H,8-18,21H2,1-7H3,(H,41,42). The number of carboxylic acids is 1. The quantitative estimate of drug-likeness (QED) is 0.395. The van der Waals surface area contributed by atoms with Crippen molar-refractivity contribution < 1.29 is 23.9 Å². The second kappa shape index (κ2) is 11.6. The van der Waals surface area contributed by atoms with E-state index in [0.29, 0.717) is 61.6 Å². The molecule has 1 aliphatic heterocycles. The minimum atomic E-state index is -0.726. The van der Waals surface area contributed by atoms with Crippen LogP contribution in [0.3, 0.4) is 0 Å². The summed E-state index contributed by atoms with van der Waals surface area (Å²) in [4.78, 5) is 47.2. The van der Waals surface area contributed by atoms with E-state index in [1.165, 1.54) is 12.8 Å². The number of aliphatic carboxylic acids is 1. The fraction of sp³-hybridized carbons (Fsp3) is 0.714. The number of hydrogen-bond donors (Lipinski definition) is 1. The average Bonchev–Trinajstić information content (AvgIpc) is 3.35. The van der Waals surface area contributed by atoms with Gasteiger partial charge in [0.2, 0.25) is 5.91 Å². The number of carbonyl (C=O) groups excluding carboxylic acids is 2. The monoisotopic (exact) mass is 593 g/mol. The SMILES string of the molecule is CC1(C)CCC(c2cc(C(C)(C)C)c3oc(C(=O)N4CCN(C(=O)CC5CCC(C(=O)O)CC5)CC4(C)C)cc3n2)CC1. The Bertz CT molecular complexity index is 1370. The normalized spacial score (nSPS) is 24.7. The maximum absolute atomic E-state index is 13.9. The van der Waals surface area contributed by atoms with E-state index in [0.717, 1.165) is 42.5 Å². The molecule has 0 spiro atoms. The minimum absolute atomic E-state index is 0.0975. The van der Waals surface area contributed by atoms with Crippen LogP contribution in [0.5, 0.6) is 0 Å². The fourth-order valence-electron chi connectivity index (χ4n) is 7.48. The molecule has 1 saturated heterocycles. The fourth-order valence-corrected chi connectivity index (χ4v) is 7.48. The lowest BCUT2D eigenvalue weighted by atomic mass is 9.72. The smallest absolute Gasteiger partial charge is 0.306 e. The van der Waals surface area contributed by atoms with Crippen LogP contribution in [0, 0.1) is 17.3 Å². The highest BCUT2D eigenvalue weighted by atomic mass is 16.4. The summed E-state index contributed by atoms with van der Waals surface area (Å²) in [5, 5.41) is 9.27. The number of furan rings is 1. The van der Waals surface area contributed by atoms with E-state index in [2.05, 4.69) is 40.7 Å². The van der Waals surface area contributed by atoms with Crippen molar-refractivity contribution in [2.75, 3.05) is 19.6 Å². The molecular weight excluding hydrogens is 542 g/mol. The van der Waals surface area contributed by atoms with Crippen LogP contribution in [0.25, 0.3) is 11.1 Å². The van der Waals surface area contributed by atoms with Gasteiger partial charge < -0.3 is 19.3 Å². The second-order valence-corrected chi connectivity index (χ2v) is 16.0. The summed E-state index contributed by atoms with van der Waals surface area (Å²) >= 11 is 0. The van der Waals surface area contributed by atoms with Crippen LogP contribution in [-0.2, 0) is 15.0 Å². The third-order valence-electron chi connectivity index (χ3n) is 10.4. The summed E-state index contributed by atoms with van der Waals surface area (Å²) < 4.78 is 6.33. The van der Waals surface area contributed by atoms with E-state index in [9.17, 15) is 19.5 Å². The van der Waals surface area contributed by atoms with E-state index >= 15 is 0 Å². The van der Waals surface area contributed by atoms with Crippen molar-refractivity contribution in [3.8, 4) is 0 Å². The van der Waals surface area contributed by atoms with Crippen LogP contribution in [0.15, 0.2) is 16.5 Å². The molecule has 2 aromatic heterocycles. The lowest BCUT2D eigenvalue weighted by Crippen LogP contribution is -2.62. The number of fused-ring (bicyclic) bond motifs is 1. The van der Waals surface area contributed by atoms with Crippen LogP contribution in [-0.4, -0.2) is 62.8 Å². The van der Waals surface area contributed by atoms with Crippen LogP contribution in [0.2, 0.25) is 0 Å². The molecule has 2 aromatic rings. The largest absolute Gasteiger partial charge is 0.481 e. The molecule has 1 N–H and O–H groups in total. The minimum Gasteiger partial charge on any atom is -0.481 e. The van der Waals surface area contributed by atoms with E-state index < -0.39 is 11.5 Å². The van der Waals surface area contributed by atoms with Gasteiger partial charge in [0.1, 0.15) is 5.52 Å². The number of pyridine rings is 1. The third-order valence-corrected chi connectivity index (χ3v) is 10.4. The lowest BCUT2D eigenvalue weighted by Gasteiger charge is -2.47. The zero-order valence-corrected chi connectivity index (χ0v) is 27.3. The molecule has 0 aromatic carbocycles. The van der Waals surface area contributed by atoms with Crippen molar-refractivity contribution in [1.29, 1.82) is 0 Å². The van der Waals surface area contributed by atoms with Gasteiger partial charge in [0.15, 0.2) is 11.3 Å². The molecule has 43 heavy (non-hydrogen) atoms. The summed E-state index contributed by atoms with van der Waals surface area (Å²) in [6.07, 6.45) is 7.92. The van der Waals surface area contributed by atoms with Gasteiger partial charge in [-0.2, -0.15) is 0 Å². The molecule has 0 bridgehead atoms. The van der Waals surface area contributed by atoms with Crippen LogP contribution in [0.1, 0.15) is 134 Å². The first-order valence-corrected chi connectivity index (χ1v) is 16.3. The number of amides is 2. The van der Waals surface area contributed by atoms with Gasteiger partial charge in [-0.1, -0.05) is 34.6 Å². The summed E-state index contributed by atoms with van der Waals surface area (Å²) in [5.74, 6) is -0.114. The molecule has 236 valence electrons. The lowest BCUT2D eigenvalue weighted by molar-refractivity contribution is -0.143. The Labute approximate surface area is 256 Å². The molecular formula is C35H51N3O5.